The van der Waals surface area contributed by atoms with Crippen molar-refractivity contribution in [2.45, 2.75) is 13.8 Å². The zero-order valence-electron chi connectivity index (χ0n) is 46.7. The number of hydrogen-bond acceptors (Lipinski definition) is 0. The molecule has 2 aliphatic carbocycles. The lowest BCUT2D eigenvalue weighted by Crippen LogP contribution is -1.96. The minimum absolute atomic E-state index is 1.19. The Labute approximate surface area is 489 Å². The second-order valence-electron chi connectivity index (χ2n) is 23.1. The molecule has 390 valence electrons. The maximum absolute atomic E-state index is 2.51. The first-order valence-corrected chi connectivity index (χ1v) is 29.4. The van der Waals surface area contributed by atoms with E-state index in [0.29, 0.717) is 0 Å². The largest absolute Gasteiger partial charge is 0.0622 e. The van der Waals surface area contributed by atoms with Gasteiger partial charge in [0.05, 0.1) is 0 Å². The lowest BCUT2D eigenvalue weighted by atomic mass is 9.79. The van der Waals surface area contributed by atoms with Crippen molar-refractivity contribution >= 4 is 43.1 Å². The highest BCUT2D eigenvalue weighted by atomic mass is 14.4. The molecule has 0 spiro atoms. The van der Waals surface area contributed by atoms with E-state index in [0.717, 1.165) is 0 Å². The first kappa shape index (κ1) is 48.1. The Balaban J connectivity index is 1.06. The minimum atomic E-state index is 1.19. The van der Waals surface area contributed by atoms with Gasteiger partial charge in [-0.3, -0.25) is 0 Å². The average Bonchev–Trinajstić information content (AvgIpc) is 1.60. The van der Waals surface area contributed by atoms with E-state index in [9.17, 15) is 0 Å². The van der Waals surface area contributed by atoms with Gasteiger partial charge >= 0.3 is 0 Å². The third-order valence-corrected chi connectivity index (χ3v) is 18.3. The smallest absolute Gasteiger partial charge is 0.000730 e. The fourth-order valence-corrected chi connectivity index (χ4v) is 14.6. The topological polar surface area (TPSA) is 0 Å². The molecule has 0 fully saturated rings. The molecule has 0 saturated heterocycles. The van der Waals surface area contributed by atoms with Gasteiger partial charge in [-0.15, -0.1) is 0 Å². The first-order valence-electron chi connectivity index (χ1n) is 29.4. The van der Waals surface area contributed by atoms with Crippen molar-refractivity contribution in [3.63, 3.8) is 0 Å². The van der Waals surface area contributed by atoms with Crippen molar-refractivity contribution < 1.29 is 0 Å². The minimum Gasteiger partial charge on any atom is -0.0622 e. The van der Waals surface area contributed by atoms with Gasteiger partial charge in [0, 0.05) is 0 Å². The molecule has 0 N–H and O–H groups in total. The monoisotopic (exact) mass is 1060 g/mol. The molecule has 2 aliphatic rings. The van der Waals surface area contributed by atoms with E-state index in [1.54, 1.807) is 0 Å². The predicted octanol–water partition coefficient (Wildman–Crippen LogP) is 23.5. The molecule has 0 heterocycles. The number of hydrogen-bond donors (Lipinski definition) is 0. The summed E-state index contributed by atoms with van der Waals surface area (Å²) in [6.07, 6.45) is 0. The number of fused-ring (bicyclic) bond motifs is 9. The van der Waals surface area contributed by atoms with Crippen LogP contribution in [0.2, 0.25) is 0 Å². The third kappa shape index (κ3) is 7.34. The van der Waals surface area contributed by atoms with Crippen LogP contribution in [0, 0.1) is 13.8 Å². The number of rotatable bonds is 8. The van der Waals surface area contributed by atoms with Crippen LogP contribution in [0.1, 0.15) is 11.1 Å². The molecule has 15 aromatic rings. The summed E-state index contributed by atoms with van der Waals surface area (Å²) >= 11 is 0. The second kappa shape index (κ2) is 19.0. The van der Waals surface area contributed by atoms with E-state index < -0.39 is 0 Å². The van der Waals surface area contributed by atoms with Crippen molar-refractivity contribution in [2.24, 2.45) is 0 Å². The fraction of sp³-hybridized carbons (Fsp3) is 0.0238. The molecule has 0 unspecified atom stereocenters. The van der Waals surface area contributed by atoms with Crippen molar-refractivity contribution in [3.8, 4) is 134 Å². The molecule has 0 heteroatoms. The summed E-state index contributed by atoms with van der Waals surface area (Å²) in [5, 5.41) is 10.1. The summed E-state index contributed by atoms with van der Waals surface area (Å²) in [5.41, 5.74) is 32.4. The Kier molecular flexibility index (Phi) is 10.9. The number of aryl methyl sites for hydroxylation is 2. The maximum atomic E-state index is 2.51. The van der Waals surface area contributed by atoms with Gasteiger partial charge in [0.1, 0.15) is 0 Å². The maximum Gasteiger partial charge on any atom is -0.000730 e. The van der Waals surface area contributed by atoms with Gasteiger partial charge in [-0.2, -0.15) is 0 Å². The van der Waals surface area contributed by atoms with Crippen LogP contribution in [0.15, 0.2) is 291 Å². The standard InChI is InChI=1S/C84H54/c1-51-23-15-19-35-65(51)77-67-37-21-22-38-68(67)78(66-36-20-16-24-52(66)2)84-72-42-40-70-79-69(39-41-71(80(72)79)83(77)84)81-75(63-45-59(53-25-7-3-8-26-53)43-60(46-63)54-27-9-4-10-28-54)73-49-57-33-17-18-34-58(57)50-74(73)76(82(70)81)64-47-61(55-29-11-5-12-30-55)44-62(48-64)56-31-13-6-14-32-56/h3-50H,1-2H3. The lowest BCUT2D eigenvalue weighted by molar-refractivity contribution is 1.46. The van der Waals surface area contributed by atoms with Gasteiger partial charge in [-0.1, -0.05) is 243 Å². The molecule has 0 atom stereocenters. The molecule has 0 amide bonds. The van der Waals surface area contributed by atoms with Crippen molar-refractivity contribution in [3.05, 3.63) is 302 Å². The first-order chi connectivity index (χ1) is 41.5. The molecule has 17 rings (SSSR count). The summed E-state index contributed by atoms with van der Waals surface area (Å²) in [5.74, 6) is 0. The lowest BCUT2D eigenvalue weighted by Gasteiger charge is -2.23. The van der Waals surface area contributed by atoms with Crippen LogP contribution in [-0.4, -0.2) is 0 Å². The molecule has 84 heavy (non-hydrogen) atoms. The SMILES string of the molecule is Cc1ccccc1-c1c2c(c(-c3ccccc3C)c3ccccc13)-c1ccc3c4c(ccc-2c14)-c1c-3c(-c2cc(-c3ccccc3)cc(-c3ccccc3)c2)c2cc3ccccc3cc2c1-c1cc(-c2ccccc2)cc(-c2ccccc2)c1. The van der Waals surface area contributed by atoms with Crippen LogP contribution < -0.4 is 0 Å². The highest BCUT2D eigenvalue weighted by Crippen LogP contribution is 2.65. The van der Waals surface area contributed by atoms with E-state index in [4.69, 9.17) is 0 Å². The second-order valence-corrected chi connectivity index (χ2v) is 23.1. The Morgan fingerprint density at radius 1 is 0.167 bits per heavy atom. The van der Waals surface area contributed by atoms with Crippen LogP contribution in [0.3, 0.4) is 0 Å². The van der Waals surface area contributed by atoms with Gasteiger partial charge in [-0.25, -0.2) is 0 Å². The van der Waals surface area contributed by atoms with Gasteiger partial charge in [0.2, 0.25) is 0 Å². The zero-order chi connectivity index (χ0) is 55.6. The van der Waals surface area contributed by atoms with Crippen LogP contribution in [0.25, 0.3) is 177 Å². The zero-order valence-corrected chi connectivity index (χ0v) is 46.7. The van der Waals surface area contributed by atoms with Gasteiger partial charge < -0.3 is 0 Å². The van der Waals surface area contributed by atoms with Gasteiger partial charge in [0.25, 0.3) is 0 Å². The van der Waals surface area contributed by atoms with Gasteiger partial charge in [0.15, 0.2) is 0 Å². The third-order valence-electron chi connectivity index (χ3n) is 18.3. The Bertz CT molecular complexity index is 4780. The molecule has 15 aromatic carbocycles. The van der Waals surface area contributed by atoms with Gasteiger partial charge in [-0.05, 0) is 250 Å². The van der Waals surface area contributed by atoms with Crippen molar-refractivity contribution in [2.75, 3.05) is 0 Å². The number of benzene rings is 15. The molecule has 0 nitrogen and oxygen atoms in total. The molecule has 0 saturated carbocycles. The normalized spacial score (nSPS) is 11.9. The highest BCUT2D eigenvalue weighted by molar-refractivity contribution is 6.36. The summed E-state index contributed by atoms with van der Waals surface area (Å²) in [7, 11) is 0. The Morgan fingerprint density at radius 2 is 0.440 bits per heavy atom. The van der Waals surface area contributed by atoms with Crippen LogP contribution >= 0.6 is 0 Å². The van der Waals surface area contributed by atoms with E-state index >= 15 is 0 Å². The van der Waals surface area contributed by atoms with Crippen LogP contribution in [0.5, 0.6) is 0 Å². The average molecular weight is 1060 g/mol. The summed E-state index contributed by atoms with van der Waals surface area (Å²) in [6, 6.07) is 110. The van der Waals surface area contributed by atoms with Crippen molar-refractivity contribution in [1.82, 2.24) is 0 Å². The summed E-state index contributed by atoms with van der Waals surface area (Å²) in [4.78, 5) is 0. The highest BCUT2D eigenvalue weighted by Gasteiger charge is 2.38. The molecule has 0 aromatic heterocycles. The van der Waals surface area contributed by atoms with E-state index in [-0.39, 0.29) is 0 Å². The van der Waals surface area contributed by atoms with E-state index in [2.05, 4.69) is 305 Å². The Hall–Kier alpha value is -10.7. The fourth-order valence-electron chi connectivity index (χ4n) is 14.6. The van der Waals surface area contributed by atoms with Crippen LogP contribution in [0.4, 0.5) is 0 Å². The summed E-state index contributed by atoms with van der Waals surface area (Å²) in [6.45, 7) is 4.55. The molecule has 0 radical (unpaired) electrons. The molecule has 0 bridgehead atoms. The van der Waals surface area contributed by atoms with E-state index in [1.807, 2.05) is 0 Å². The van der Waals surface area contributed by atoms with E-state index in [1.165, 1.54) is 188 Å². The summed E-state index contributed by atoms with van der Waals surface area (Å²) < 4.78 is 0. The molecular weight excluding hydrogens is 1010 g/mol. The van der Waals surface area contributed by atoms with Crippen LogP contribution in [-0.2, 0) is 0 Å². The quantitative estimate of drug-likeness (QED) is 0.133. The molecular formula is C84H54. The molecule has 0 aliphatic heterocycles. The predicted molar refractivity (Wildman–Crippen MR) is 358 cm³/mol. The Morgan fingerprint density at radius 3 is 0.774 bits per heavy atom. The van der Waals surface area contributed by atoms with Crippen molar-refractivity contribution in [1.29, 1.82) is 0 Å².